The second kappa shape index (κ2) is 5.74. The van der Waals surface area contributed by atoms with Crippen molar-refractivity contribution in [1.82, 2.24) is 14.5 Å². The number of fused-ring (bicyclic) bond motifs is 1. The van der Waals surface area contributed by atoms with Crippen molar-refractivity contribution in [2.45, 2.75) is 59.7 Å². The van der Waals surface area contributed by atoms with Crippen LogP contribution in [0.25, 0.3) is 0 Å². The largest absolute Gasteiger partial charge is 0.467 e. The Hall–Kier alpha value is -1.85. The number of rotatable bonds is 2. The van der Waals surface area contributed by atoms with Gasteiger partial charge in [-0.2, -0.15) is 0 Å². The number of nitrogens with zero attached hydrogens (tertiary/aromatic N) is 3. The molecule has 1 aliphatic heterocycles. The number of amides is 1. The number of ether oxygens (including phenoxy) is 1. The van der Waals surface area contributed by atoms with Crippen molar-refractivity contribution in [3.63, 3.8) is 0 Å². The topological polar surface area (TPSA) is 64.4 Å². The van der Waals surface area contributed by atoms with E-state index in [1.54, 1.807) is 11.2 Å². The number of methoxy groups -OCH3 is 1. The van der Waals surface area contributed by atoms with Crippen molar-refractivity contribution >= 4 is 11.9 Å². The Bertz CT molecular complexity index is 584. The molecule has 0 saturated carbocycles. The molecule has 1 aliphatic rings. The average molecular weight is 307 g/mol. The van der Waals surface area contributed by atoms with Crippen molar-refractivity contribution in [2.75, 3.05) is 7.11 Å². The Morgan fingerprint density at radius 2 is 2.00 bits per heavy atom. The van der Waals surface area contributed by atoms with E-state index in [1.165, 1.54) is 7.11 Å². The summed E-state index contributed by atoms with van der Waals surface area (Å²) in [5.41, 5.74) is 1.33. The number of hydrogen-bond donors (Lipinski definition) is 0. The quantitative estimate of drug-likeness (QED) is 0.783. The van der Waals surface area contributed by atoms with Gasteiger partial charge >= 0.3 is 5.97 Å². The fourth-order valence-corrected chi connectivity index (χ4v) is 2.77. The van der Waals surface area contributed by atoms with Gasteiger partial charge in [0.25, 0.3) is 0 Å². The second-order valence-electron chi connectivity index (χ2n) is 7.07. The molecule has 1 unspecified atom stereocenters. The lowest BCUT2D eigenvalue weighted by Crippen LogP contribution is -2.52. The molecular weight excluding hydrogens is 282 g/mol. The van der Waals surface area contributed by atoms with E-state index in [9.17, 15) is 9.59 Å². The number of carbonyl (C=O) groups excluding carboxylic acids is 2. The van der Waals surface area contributed by atoms with Gasteiger partial charge in [-0.3, -0.25) is 4.79 Å². The maximum absolute atomic E-state index is 12.8. The Morgan fingerprint density at radius 3 is 2.50 bits per heavy atom. The third-order valence-corrected chi connectivity index (χ3v) is 4.00. The highest BCUT2D eigenvalue weighted by atomic mass is 16.5. The van der Waals surface area contributed by atoms with Crippen LogP contribution < -0.4 is 0 Å². The summed E-state index contributed by atoms with van der Waals surface area (Å²) < 4.78 is 6.95. The van der Waals surface area contributed by atoms with Crippen LogP contribution in [-0.2, 0) is 27.3 Å². The molecular formula is C16H25N3O3. The molecule has 0 N–H and O–H groups in total. The van der Waals surface area contributed by atoms with Gasteiger partial charge in [0.1, 0.15) is 6.04 Å². The molecule has 0 fully saturated rings. The minimum atomic E-state index is -0.597. The Kier molecular flexibility index (Phi) is 4.31. The Balaban J connectivity index is 2.43. The smallest absolute Gasteiger partial charge is 0.329 e. The minimum Gasteiger partial charge on any atom is -0.467 e. The van der Waals surface area contributed by atoms with Crippen LogP contribution in [0, 0.1) is 5.41 Å². The molecule has 0 spiro atoms. The van der Waals surface area contributed by atoms with Crippen molar-refractivity contribution in [2.24, 2.45) is 5.41 Å². The van der Waals surface area contributed by atoms with Gasteiger partial charge in [-0.15, -0.1) is 0 Å². The summed E-state index contributed by atoms with van der Waals surface area (Å²) in [6.07, 6.45) is 2.19. The predicted molar refractivity (Wildman–Crippen MR) is 82.1 cm³/mol. The molecule has 1 amide bonds. The highest BCUT2D eigenvalue weighted by Crippen LogP contribution is 2.29. The first-order valence-corrected chi connectivity index (χ1v) is 7.60. The number of imidazole rings is 1. The SMILES string of the molecule is COC(=O)C1Cc2ncn(C(C)C)c2CN1C(=O)C(C)(C)C. The molecule has 122 valence electrons. The summed E-state index contributed by atoms with van der Waals surface area (Å²) in [6, 6.07) is -0.336. The number of aromatic nitrogens is 2. The van der Waals surface area contributed by atoms with Gasteiger partial charge in [-0.25, -0.2) is 9.78 Å². The van der Waals surface area contributed by atoms with E-state index in [2.05, 4.69) is 23.4 Å². The summed E-state index contributed by atoms with van der Waals surface area (Å²) >= 11 is 0. The van der Waals surface area contributed by atoms with Gasteiger partial charge in [-0.1, -0.05) is 20.8 Å². The van der Waals surface area contributed by atoms with Crippen molar-refractivity contribution in [3.05, 3.63) is 17.7 Å². The molecule has 0 radical (unpaired) electrons. The first-order valence-electron chi connectivity index (χ1n) is 7.60. The van der Waals surface area contributed by atoms with Gasteiger partial charge in [0.2, 0.25) is 5.91 Å². The zero-order valence-electron chi connectivity index (χ0n) is 14.2. The highest BCUT2D eigenvalue weighted by Gasteiger charge is 2.41. The van der Waals surface area contributed by atoms with Crippen molar-refractivity contribution in [1.29, 1.82) is 0 Å². The normalized spacial score (nSPS) is 18.3. The molecule has 0 aliphatic carbocycles. The minimum absolute atomic E-state index is 0.0509. The molecule has 1 atom stereocenters. The van der Waals surface area contributed by atoms with E-state index in [-0.39, 0.29) is 17.9 Å². The molecule has 2 heterocycles. The molecule has 0 bridgehead atoms. The third kappa shape index (κ3) is 2.87. The Labute approximate surface area is 131 Å². The van der Waals surface area contributed by atoms with Gasteiger partial charge in [0.15, 0.2) is 0 Å². The van der Waals surface area contributed by atoms with E-state index in [4.69, 9.17) is 4.74 Å². The van der Waals surface area contributed by atoms with Crippen molar-refractivity contribution < 1.29 is 14.3 Å². The summed E-state index contributed by atoms with van der Waals surface area (Å²) in [5, 5.41) is 0. The van der Waals surface area contributed by atoms with Crippen LogP contribution in [-0.4, -0.2) is 39.5 Å². The van der Waals surface area contributed by atoms with Crippen LogP contribution >= 0.6 is 0 Å². The van der Waals surface area contributed by atoms with E-state index >= 15 is 0 Å². The zero-order chi connectivity index (χ0) is 16.7. The molecule has 1 aromatic rings. The zero-order valence-corrected chi connectivity index (χ0v) is 14.2. The lowest BCUT2D eigenvalue weighted by Gasteiger charge is -2.37. The first-order chi connectivity index (χ1) is 10.2. The third-order valence-electron chi connectivity index (χ3n) is 4.00. The predicted octanol–water partition coefficient (Wildman–Crippen LogP) is 1.94. The van der Waals surface area contributed by atoms with Crippen molar-refractivity contribution in [3.8, 4) is 0 Å². The summed E-state index contributed by atoms with van der Waals surface area (Å²) in [5.74, 6) is -0.438. The summed E-state index contributed by atoms with van der Waals surface area (Å²) in [6.45, 7) is 10.1. The molecule has 6 heteroatoms. The van der Waals surface area contributed by atoms with Gasteiger partial charge < -0.3 is 14.2 Å². The fraction of sp³-hybridized carbons (Fsp3) is 0.688. The van der Waals surface area contributed by atoms with Gasteiger partial charge in [-0.05, 0) is 13.8 Å². The average Bonchev–Trinajstić information content (AvgIpc) is 2.86. The monoisotopic (exact) mass is 307 g/mol. The first kappa shape index (κ1) is 16.5. The fourth-order valence-electron chi connectivity index (χ4n) is 2.77. The van der Waals surface area contributed by atoms with E-state index in [0.29, 0.717) is 13.0 Å². The molecule has 2 rings (SSSR count). The lowest BCUT2D eigenvalue weighted by molar-refractivity contribution is -0.157. The number of hydrogen-bond acceptors (Lipinski definition) is 4. The number of carbonyl (C=O) groups is 2. The van der Waals surface area contributed by atoms with Crippen LogP contribution in [0.1, 0.15) is 52.0 Å². The van der Waals surface area contributed by atoms with Crippen LogP contribution in [0.5, 0.6) is 0 Å². The van der Waals surface area contributed by atoms with Crippen LogP contribution in [0.2, 0.25) is 0 Å². The molecule has 0 saturated heterocycles. The molecule has 1 aromatic heterocycles. The number of esters is 1. The van der Waals surface area contributed by atoms with Gasteiger partial charge in [0, 0.05) is 17.9 Å². The second-order valence-corrected chi connectivity index (χ2v) is 7.07. The standard InChI is InChI=1S/C16H25N3O3/c1-10(2)19-9-17-11-7-12(14(20)22-6)18(8-13(11)19)15(21)16(3,4)5/h9-10,12H,7-8H2,1-6H3. The molecule has 6 nitrogen and oxygen atoms in total. The van der Waals surface area contributed by atoms with E-state index in [0.717, 1.165) is 11.4 Å². The Morgan fingerprint density at radius 1 is 1.36 bits per heavy atom. The maximum Gasteiger partial charge on any atom is 0.329 e. The van der Waals surface area contributed by atoms with Crippen LogP contribution in [0.15, 0.2) is 6.33 Å². The maximum atomic E-state index is 12.8. The summed E-state index contributed by atoms with van der Waals surface area (Å²) in [4.78, 5) is 30.9. The molecule has 22 heavy (non-hydrogen) atoms. The van der Waals surface area contributed by atoms with E-state index < -0.39 is 11.5 Å². The van der Waals surface area contributed by atoms with E-state index in [1.807, 2.05) is 20.8 Å². The van der Waals surface area contributed by atoms with Gasteiger partial charge in [0.05, 0.1) is 31.4 Å². The summed E-state index contributed by atoms with van der Waals surface area (Å²) in [7, 11) is 1.35. The highest BCUT2D eigenvalue weighted by molar-refractivity contribution is 5.88. The van der Waals surface area contributed by atoms with Crippen LogP contribution in [0.4, 0.5) is 0 Å². The lowest BCUT2D eigenvalue weighted by atomic mass is 9.91. The molecule has 0 aromatic carbocycles. The van der Waals surface area contributed by atoms with Crippen LogP contribution in [0.3, 0.4) is 0 Å².